The van der Waals surface area contributed by atoms with Gasteiger partial charge in [0.15, 0.2) is 8.32 Å². The van der Waals surface area contributed by atoms with Crippen molar-refractivity contribution < 1.29 is 14.0 Å². The van der Waals surface area contributed by atoms with Gasteiger partial charge in [-0.1, -0.05) is 46.8 Å². The van der Waals surface area contributed by atoms with Gasteiger partial charge in [-0.05, 0) is 43.3 Å². The van der Waals surface area contributed by atoms with E-state index in [1.54, 1.807) is 0 Å². The van der Waals surface area contributed by atoms with Gasteiger partial charge in [0.05, 0.1) is 12.0 Å². The molecule has 5 atom stereocenters. The predicted molar refractivity (Wildman–Crippen MR) is 99.2 cm³/mol. The van der Waals surface area contributed by atoms with Crippen LogP contribution in [0.15, 0.2) is 12.2 Å². The minimum atomic E-state index is -1.65. The average Bonchev–Trinajstić information content (AvgIpc) is 3.00. The highest BCUT2D eigenvalue weighted by molar-refractivity contribution is 6.73. The van der Waals surface area contributed by atoms with Crippen LogP contribution < -0.4 is 0 Å². The number of hydrogen-bond donors (Lipinski definition) is 0. The van der Waals surface area contributed by atoms with E-state index in [-0.39, 0.29) is 29.5 Å². The van der Waals surface area contributed by atoms with Crippen molar-refractivity contribution in [1.82, 2.24) is 0 Å². The van der Waals surface area contributed by atoms with Crippen LogP contribution in [-0.4, -0.2) is 26.5 Å². The van der Waals surface area contributed by atoms with Crippen molar-refractivity contribution in [3.8, 4) is 0 Å². The van der Waals surface area contributed by atoms with Crippen molar-refractivity contribution in [3.05, 3.63) is 12.2 Å². The van der Waals surface area contributed by atoms with Gasteiger partial charge in [0.25, 0.3) is 0 Å². The maximum absolute atomic E-state index is 12.4. The molecule has 3 rings (SSSR count). The molecule has 0 aromatic rings. The summed E-state index contributed by atoms with van der Waals surface area (Å²) in [6.07, 6.45) is 7.76. The van der Waals surface area contributed by atoms with E-state index in [2.05, 4.69) is 46.8 Å². The van der Waals surface area contributed by atoms with E-state index in [1.165, 1.54) is 18.1 Å². The third-order valence-corrected chi connectivity index (χ3v) is 11.8. The molecule has 0 radical (unpaired) electrons. The van der Waals surface area contributed by atoms with Gasteiger partial charge in [0.1, 0.15) is 6.10 Å². The zero-order chi connectivity index (χ0) is 17.5. The van der Waals surface area contributed by atoms with E-state index in [9.17, 15) is 4.79 Å². The molecule has 0 N–H and O–H groups in total. The maximum atomic E-state index is 12.4. The van der Waals surface area contributed by atoms with E-state index < -0.39 is 8.32 Å². The molecule has 3 nitrogen and oxygen atoms in total. The molecule has 0 amide bonds. The Labute approximate surface area is 148 Å². The molecule has 136 valence electrons. The predicted octanol–water partition coefficient (Wildman–Crippen LogP) is 4.93. The Kier molecular flexibility index (Phi) is 5.00. The molecule has 0 spiro atoms. The third-order valence-electron chi connectivity index (χ3n) is 7.12. The smallest absolute Gasteiger partial charge is 0.309 e. The maximum Gasteiger partial charge on any atom is 0.309 e. The van der Waals surface area contributed by atoms with Crippen LogP contribution in [-0.2, 0) is 14.0 Å². The van der Waals surface area contributed by atoms with Gasteiger partial charge < -0.3 is 9.16 Å². The monoisotopic (exact) mass is 350 g/mol. The van der Waals surface area contributed by atoms with Crippen LogP contribution in [0.4, 0.5) is 0 Å². The van der Waals surface area contributed by atoms with Gasteiger partial charge in [0.2, 0.25) is 0 Å². The Hall–Kier alpha value is -0.613. The van der Waals surface area contributed by atoms with Gasteiger partial charge in [0, 0.05) is 11.3 Å². The molecule has 3 aliphatic rings. The Morgan fingerprint density at radius 1 is 1.17 bits per heavy atom. The summed E-state index contributed by atoms with van der Waals surface area (Å²) in [5.74, 6) is 0.881. The molecule has 1 saturated heterocycles. The zero-order valence-electron chi connectivity index (χ0n) is 16.0. The van der Waals surface area contributed by atoms with Crippen molar-refractivity contribution in [2.75, 3.05) is 0 Å². The Bertz CT molecular complexity index is 501. The van der Waals surface area contributed by atoms with Crippen LogP contribution in [0.3, 0.4) is 0 Å². The highest BCUT2D eigenvalue weighted by atomic mass is 28.4. The van der Waals surface area contributed by atoms with Gasteiger partial charge in [-0.25, -0.2) is 0 Å². The van der Waals surface area contributed by atoms with Crippen molar-refractivity contribution in [2.24, 2.45) is 23.2 Å². The summed E-state index contributed by atoms with van der Waals surface area (Å²) in [7, 11) is -1.65. The van der Waals surface area contributed by atoms with E-state index in [0.717, 1.165) is 19.3 Å². The molecule has 0 aromatic heterocycles. The molecule has 0 aromatic carbocycles. The van der Waals surface area contributed by atoms with E-state index in [0.29, 0.717) is 11.8 Å². The van der Waals surface area contributed by atoms with E-state index >= 15 is 0 Å². The van der Waals surface area contributed by atoms with E-state index in [4.69, 9.17) is 9.16 Å². The van der Waals surface area contributed by atoms with Crippen LogP contribution in [0.1, 0.15) is 53.9 Å². The Balaban J connectivity index is 1.92. The van der Waals surface area contributed by atoms with Crippen molar-refractivity contribution in [2.45, 2.75) is 84.2 Å². The number of ether oxygens (including phenoxy) is 1. The lowest BCUT2D eigenvalue weighted by Crippen LogP contribution is -2.44. The largest absolute Gasteiger partial charge is 0.461 e. The average molecular weight is 351 g/mol. The molecule has 4 heteroatoms. The molecular weight excluding hydrogens is 316 g/mol. The van der Waals surface area contributed by atoms with Crippen molar-refractivity contribution in [3.63, 3.8) is 0 Å². The first-order chi connectivity index (χ1) is 11.4. The van der Waals surface area contributed by atoms with Crippen molar-refractivity contribution in [1.29, 1.82) is 0 Å². The summed E-state index contributed by atoms with van der Waals surface area (Å²) >= 11 is 0. The molecular formula is C20H34O3Si. The van der Waals surface area contributed by atoms with Gasteiger partial charge in [-0.2, -0.15) is 0 Å². The first-order valence-electron chi connectivity index (χ1n) is 9.90. The van der Waals surface area contributed by atoms with Crippen LogP contribution in [0.2, 0.25) is 18.1 Å². The fourth-order valence-corrected chi connectivity index (χ4v) is 8.37. The third kappa shape index (κ3) is 2.90. The lowest BCUT2D eigenvalue weighted by Gasteiger charge is -2.38. The van der Waals surface area contributed by atoms with Gasteiger partial charge in [-0.3, -0.25) is 4.79 Å². The van der Waals surface area contributed by atoms with E-state index in [1.807, 2.05) is 0 Å². The number of rotatable bonds is 5. The van der Waals surface area contributed by atoms with Crippen LogP contribution in [0, 0.1) is 23.2 Å². The SMILES string of the molecule is CC[Si](CC)(CC)O[C@H]1C/C=C\C[C@@H]2C(=O)O[C@@H]3[C@H]2[C@H]1CC3(C)C. The van der Waals surface area contributed by atoms with Gasteiger partial charge >= 0.3 is 5.97 Å². The number of carbonyl (C=O) groups is 1. The Morgan fingerprint density at radius 3 is 2.42 bits per heavy atom. The first-order valence-corrected chi connectivity index (χ1v) is 12.4. The summed E-state index contributed by atoms with van der Waals surface area (Å²) in [5.41, 5.74) is 0.0700. The summed E-state index contributed by atoms with van der Waals surface area (Å²) in [4.78, 5) is 12.4. The minimum Gasteiger partial charge on any atom is -0.461 e. The summed E-state index contributed by atoms with van der Waals surface area (Å²) < 4.78 is 12.8. The number of allylic oxidation sites excluding steroid dienone is 1. The fourth-order valence-electron chi connectivity index (χ4n) is 5.46. The summed E-state index contributed by atoms with van der Waals surface area (Å²) in [6, 6.07) is 3.55. The number of esters is 1. The molecule has 24 heavy (non-hydrogen) atoms. The molecule has 2 aliphatic carbocycles. The quantitative estimate of drug-likeness (QED) is 0.400. The van der Waals surface area contributed by atoms with Crippen LogP contribution in [0.5, 0.6) is 0 Å². The highest BCUT2D eigenvalue weighted by Crippen LogP contribution is 2.57. The zero-order valence-corrected chi connectivity index (χ0v) is 17.0. The Morgan fingerprint density at radius 2 is 1.79 bits per heavy atom. The molecule has 1 heterocycles. The van der Waals surface area contributed by atoms with Crippen LogP contribution >= 0.6 is 0 Å². The topological polar surface area (TPSA) is 35.5 Å². The van der Waals surface area contributed by atoms with Crippen molar-refractivity contribution >= 4 is 14.3 Å². The molecule has 0 bridgehead atoms. The lowest BCUT2D eigenvalue weighted by molar-refractivity contribution is -0.147. The second kappa shape index (κ2) is 6.60. The fraction of sp³-hybridized carbons (Fsp3) is 0.850. The second-order valence-electron chi connectivity index (χ2n) is 8.74. The first kappa shape index (κ1) is 18.2. The minimum absolute atomic E-state index is 0.0260. The number of hydrogen-bond acceptors (Lipinski definition) is 3. The molecule has 1 saturated carbocycles. The normalized spacial score (nSPS) is 39.0. The standard InChI is InChI=1S/C20H34O3Si/c1-6-24(7-2,8-3)23-16-12-10-9-11-14-17-15(16)13-20(4,5)18(17)22-19(14)21/h9-10,14-18H,6-8,11-13H2,1-5H3/b10-9-/t14-,15-,16-,17+,18+/m0/s1. The highest BCUT2D eigenvalue weighted by Gasteiger charge is 2.61. The van der Waals surface area contributed by atoms with Crippen LogP contribution in [0.25, 0.3) is 0 Å². The number of carbonyl (C=O) groups excluding carboxylic acids is 1. The summed E-state index contributed by atoms with van der Waals surface area (Å²) in [5, 5.41) is 0. The molecule has 1 aliphatic heterocycles. The second-order valence-corrected chi connectivity index (χ2v) is 13.5. The molecule has 0 unspecified atom stereocenters. The lowest BCUT2D eigenvalue weighted by atomic mass is 9.77. The van der Waals surface area contributed by atoms with Gasteiger partial charge in [-0.15, -0.1) is 0 Å². The molecule has 2 fully saturated rings. The summed E-state index contributed by atoms with van der Waals surface area (Å²) in [6.45, 7) is 11.4.